The van der Waals surface area contributed by atoms with Crippen LogP contribution in [0.25, 0.3) is 0 Å². The third-order valence-electron chi connectivity index (χ3n) is 3.86. The number of nitrogens with two attached hydrogens (primary N) is 1. The van der Waals surface area contributed by atoms with Crippen molar-refractivity contribution in [1.29, 1.82) is 0 Å². The molecule has 18 heavy (non-hydrogen) atoms. The van der Waals surface area contributed by atoms with E-state index < -0.39 is 0 Å². The summed E-state index contributed by atoms with van der Waals surface area (Å²) in [4.78, 5) is 12.4. The van der Waals surface area contributed by atoms with Crippen LogP contribution in [-0.2, 0) is 7.05 Å². The molecule has 5 nitrogen and oxygen atoms in total. The number of amides is 1. The zero-order valence-corrected chi connectivity index (χ0v) is 12.0. The molecule has 102 valence electrons. The molecule has 0 aliphatic rings. The summed E-state index contributed by atoms with van der Waals surface area (Å²) in [6.07, 6.45) is 1.65. The highest BCUT2D eigenvalue weighted by Gasteiger charge is 2.28. The second-order valence-electron chi connectivity index (χ2n) is 4.82. The van der Waals surface area contributed by atoms with Crippen LogP contribution in [0.3, 0.4) is 0 Å². The molecule has 0 aliphatic heterocycles. The monoisotopic (exact) mass is 252 g/mol. The molecule has 1 rings (SSSR count). The van der Waals surface area contributed by atoms with Crippen LogP contribution >= 0.6 is 0 Å². The number of hydrogen-bond donors (Lipinski definition) is 2. The van der Waals surface area contributed by atoms with E-state index in [1.807, 2.05) is 34.7 Å². The van der Waals surface area contributed by atoms with Crippen molar-refractivity contribution in [3.8, 4) is 0 Å². The lowest BCUT2D eigenvalue weighted by atomic mass is 9.92. The van der Waals surface area contributed by atoms with E-state index >= 15 is 0 Å². The molecule has 0 aromatic carbocycles. The molecule has 0 aliphatic carbocycles. The minimum Gasteiger partial charge on any atom is -0.345 e. The smallest absolute Gasteiger partial charge is 0.255 e. The number of hydrogen-bond acceptors (Lipinski definition) is 3. The molecule has 0 fully saturated rings. The summed E-state index contributed by atoms with van der Waals surface area (Å²) in [5, 5.41) is 7.34. The van der Waals surface area contributed by atoms with E-state index in [1.54, 1.807) is 4.68 Å². The Hall–Kier alpha value is -1.36. The molecule has 5 heteroatoms. The van der Waals surface area contributed by atoms with Crippen LogP contribution in [0.4, 0.5) is 0 Å². The van der Waals surface area contributed by atoms with Crippen LogP contribution in [0, 0.1) is 13.8 Å². The predicted octanol–water partition coefficient (Wildman–Crippen LogP) is 1.28. The Morgan fingerprint density at radius 3 is 2.28 bits per heavy atom. The van der Waals surface area contributed by atoms with Gasteiger partial charge in [-0.25, -0.2) is 0 Å². The average Bonchev–Trinajstić information content (AvgIpc) is 2.60. The molecular formula is C13H24N4O. The maximum absolute atomic E-state index is 12.4. The van der Waals surface area contributed by atoms with Gasteiger partial charge in [0.05, 0.1) is 16.8 Å². The Labute approximate surface area is 109 Å². The number of nitrogens with zero attached hydrogens (tertiary/aromatic N) is 2. The molecule has 1 aromatic heterocycles. The van der Waals surface area contributed by atoms with Crippen LogP contribution in [0.15, 0.2) is 0 Å². The van der Waals surface area contributed by atoms with E-state index in [-0.39, 0.29) is 11.4 Å². The summed E-state index contributed by atoms with van der Waals surface area (Å²) >= 11 is 0. The third-order valence-corrected chi connectivity index (χ3v) is 3.86. The van der Waals surface area contributed by atoms with Crippen molar-refractivity contribution >= 4 is 5.91 Å². The fourth-order valence-corrected chi connectivity index (χ4v) is 2.17. The van der Waals surface area contributed by atoms with Crippen molar-refractivity contribution in [1.82, 2.24) is 15.1 Å². The van der Waals surface area contributed by atoms with Crippen LogP contribution in [0.1, 0.15) is 48.4 Å². The third kappa shape index (κ3) is 2.56. The Morgan fingerprint density at radius 2 is 1.94 bits per heavy atom. The number of carbonyl (C=O) groups excluding carboxylic acids is 1. The molecule has 0 saturated heterocycles. The molecule has 0 spiro atoms. The minimum absolute atomic E-state index is 0.0766. The summed E-state index contributed by atoms with van der Waals surface area (Å²) in [7, 11) is 1.84. The van der Waals surface area contributed by atoms with Gasteiger partial charge < -0.3 is 11.1 Å². The molecule has 0 saturated carbocycles. The lowest BCUT2D eigenvalue weighted by molar-refractivity contribution is 0.0894. The van der Waals surface area contributed by atoms with E-state index in [2.05, 4.69) is 10.4 Å². The second kappa shape index (κ2) is 5.52. The maximum atomic E-state index is 12.4. The van der Waals surface area contributed by atoms with Crippen molar-refractivity contribution in [2.24, 2.45) is 12.8 Å². The summed E-state index contributed by atoms with van der Waals surface area (Å²) in [6.45, 7) is 8.28. The van der Waals surface area contributed by atoms with Gasteiger partial charge in [-0.1, -0.05) is 13.8 Å². The fraction of sp³-hybridized carbons (Fsp3) is 0.692. The summed E-state index contributed by atoms with van der Waals surface area (Å²) in [5.74, 6) is -0.0766. The molecule has 0 unspecified atom stereocenters. The van der Waals surface area contributed by atoms with E-state index in [1.165, 1.54) is 0 Å². The molecule has 3 N–H and O–H groups in total. The topological polar surface area (TPSA) is 72.9 Å². The van der Waals surface area contributed by atoms with E-state index in [9.17, 15) is 4.79 Å². The first-order valence-corrected chi connectivity index (χ1v) is 6.43. The van der Waals surface area contributed by atoms with Gasteiger partial charge in [0.1, 0.15) is 0 Å². The van der Waals surface area contributed by atoms with Crippen LogP contribution in [0.5, 0.6) is 0 Å². The van der Waals surface area contributed by atoms with Crippen molar-refractivity contribution in [2.45, 2.75) is 46.1 Å². The van der Waals surface area contributed by atoms with Gasteiger partial charge in [0.15, 0.2) is 0 Å². The van der Waals surface area contributed by atoms with Crippen LogP contribution in [0.2, 0.25) is 0 Å². The van der Waals surface area contributed by atoms with Gasteiger partial charge in [0.2, 0.25) is 0 Å². The lowest BCUT2D eigenvalue weighted by Gasteiger charge is -2.31. The first kappa shape index (κ1) is 14.7. The van der Waals surface area contributed by atoms with Gasteiger partial charge >= 0.3 is 0 Å². The van der Waals surface area contributed by atoms with Crippen LogP contribution < -0.4 is 11.1 Å². The predicted molar refractivity (Wildman–Crippen MR) is 72.5 cm³/mol. The van der Waals surface area contributed by atoms with E-state index in [0.717, 1.165) is 24.2 Å². The van der Waals surface area contributed by atoms with Gasteiger partial charge in [0, 0.05) is 19.3 Å². The van der Waals surface area contributed by atoms with Crippen molar-refractivity contribution in [3.63, 3.8) is 0 Å². The Kier molecular flexibility index (Phi) is 4.51. The molecule has 1 amide bonds. The number of aryl methyl sites for hydroxylation is 2. The van der Waals surface area contributed by atoms with Gasteiger partial charge in [-0.3, -0.25) is 9.48 Å². The van der Waals surface area contributed by atoms with Crippen molar-refractivity contribution in [2.75, 3.05) is 6.54 Å². The van der Waals surface area contributed by atoms with Gasteiger partial charge in [-0.05, 0) is 26.7 Å². The molecule has 0 atom stereocenters. The highest BCUT2D eigenvalue weighted by atomic mass is 16.1. The Bertz CT molecular complexity index is 424. The number of nitrogens with one attached hydrogen (secondary N) is 1. The van der Waals surface area contributed by atoms with Crippen LogP contribution in [-0.4, -0.2) is 27.8 Å². The van der Waals surface area contributed by atoms with Gasteiger partial charge in [0.25, 0.3) is 5.91 Å². The quantitative estimate of drug-likeness (QED) is 0.829. The van der Waals surface area contributed by atoms with Gasteiger partial charge in [-0.15, -0.1) is 0 Å². The summed E-state index contributed by atoms with van der Waals surface area (Å²) in [5.41, 5.74) is 7.78. The SMILES string of the molecule is CCC(CC)(CN)NC(=O)c1c(C)nn(C)c1C. The molecular weight excluding hydrogens is 228 g/mol. The standard InChI is InChI=1S/C13H24N4O/c1-6-13(7-2,8-14)15-12(18)11-9(3)16-17(5)10(11)4/h6-8,14H2,1-5H3,(H,15,18). The number of aromatic nitrogens is 2. The first-order valence-electron chi connectivity index (χ1n) is 6.43. The average molecular weight is 252 g/mol. The number of rotatable bonds is 5. The maximum Gasteiger partial charge on any atom is 0.255 e. The van der Waals surface area contributed by atoms with Gasteiger partial charge in [-0.2, -0.15) is 5.10 Å². The molecule has 0 bridgehead atoms. The Morgan fingerprint density at radius 1 is 1.39 bits per heavy atom. The van der Waals surface area contributed by atoms with E-state index in [0.29, 0.717) is 12.1 Å². The molecule has 0 radical (unpaired) electrons. The first-order chi connectivity index (χ1) is 8.40. The highest BCUT2D eigenvalue weighted by Crippen LogP contribution is 2.17. The highest BCUT2D eigenvalue weighted by molar-refractivity contribution is 5.96. The zero-order chi connectivity index (χ0) is 13.9. The Balaban J connectivity index is 3.01. The zero-order valence-electron chi connectivity index (χ0n) is 12.0. The molecule has 1 aromatic rings. The lowest BCUT2D eigenvalue weighted by Crippen LogP contribution is -2.53. The summed E-state index contributed by atoms with van der Waals surface area (Å²) < 4.78 is 1.73. The van der Waals surface area contributed by atoms with Crippen molar-refractivity contribution in [3.05, 3.63) is 17.0 Å². The fourth-order valence-electron chi connectivity index (χ4n) is 2.17. The second-order valence-corrected chi connectivity index (χ2v) is 4.82. The largest absolute Gasteiger partial charge is 0.345 e. The van der Waals surface area contributed by atoms with Crippen molar-refractivity contribution < 1.29 is 4.79 Å². The summed E-state index contributed by atoms with van der Waals surface area (Å²) in [6, 6.07) is 0. The van der Waals surface area contributed by atoms with E-state index in [4.69, 9.17) is 5.73 Å². The number of carbonyl (C=O) groups is 1. The normalized spacial score (nSPS) is 11.7. The molecule has 1 heterocycles. The minimum atomic E-state index is -0.314.